The molecule has 114 valence electrons. The fraction of sp³-hybridized carbons (Fsp3) is 0.769. The Bertz CT molecular complexity index is 479. The Morgan fingerprint density at radius 1 is 1.45 bits per heavy atom. The molecular weight excluding hydrogens is 258 g/mol. The zero-order chi connectivity index (χ0) is 15.5. The summed E-state index contributed by atoms with van der Waals surface area (Å²) in [6.45, 7) is 7.67. The molecule has 7 nitrogen and oxygen atoms in total. The van der Waals surface area contributed by atoms with Gasteiger partial charge in [-0.2, -0.15) is 5.10 Å². The maximum Gasteiger partial charge on any atom is 0.333 e. The molecule has 0 aliphatic rings. The summed E-state index contributed by atoms with van der Waals surface area (Å²) in [5, 5.41) is 18.6. The van der Waals surface area contributed by atoms with Gasteiger partial charge in [0.15, 0.2) is 0 Å². The number of aryl methyl sites for hydroxylation is 2. The van der Waals surface area contributed by atoms with E-state index in [0.717, 1.165) is 6.54 Å². The van der Waals surface area contributed by atoms with Crippen molar-refractivity contribution in [2.45, 2.75) is 27.2 Å². The predicted molar refractivity (Wildman–Crippen MR) is 80.1 cm³/mol. The third kappa shape index (κ3) is 3.93. The molecule has 7 heteroatoms. The minimum atomic E-state index is -0.354. The standard InChI is InChI=1S/C13H25N5O2/c1-7-10-11(18(19)20)12(17(6)15-10)14-8-13(2,3)9-16(4)5/h14H,7-9H2,1-6H3. The molecule has 0 amide bonds. The third-order valence-corrected chi connectivity index (χ3v) is 3.09. The van der Waals surface area contributed by atoms with E-state index < -0.39 is 0 Å². The second kappa shape index (κ2) is 6.21. The highest BCUT2D eigenvalue weighted by molar-refractivity contribution is 5.59. The molecule has 0 aliphatic heterocycles. The molecular formula is C13H25N5O2. The summed E-state index contributed by atoms with van der Waals surface area (Å²) >= 11 is 0. The van der Waals surface area contributed by atoms with Gasteiger partial charge in [0.05, 0.1) is 4.92 Å². The molecule has 0 fully saturated rings. The summed E-state index contributed by atoms with van der Waals surface area (Å²) in [7, 11) is 5.76. The van der Waals surface area contributed by atoms with Crippen LogP contribution in [-0.2, 0) is 13.5 Å². The van der Waals surface area contributed by atoms with Crippen molar-refractivity contribution in [3.05, 3.63) is 15.8 Å². The number of rotatable bonds is 7. The molecule has 0 aliphatic carbocycles. The van der Waals surface area contributed by atoms with Gasteiger partial charge in [-0.25, -0.2) is 4.68 Å². The van der Waals surface area contributed by atoms with Gasteiger partial charge in [0, 0.05) is 20.1 Å². The molecule has 20 heavy (non-hydrogen) atoms. The van der Waals surface area contributed by atoms with Crippen LogP contribution in [0.5, 0.6) is 0 Å². The van der Waals surface area contributed by atoms with E-state index in [0.29, 0.717) is 24.5 Å². The monoisotopic (exact) mass is 283 g/mol. The van der Waals surface area contributed by atoms with Crippen LogP contribution in [0.3, 0.4) is 0 Å². The number of aromatic nitrogens is 2. The van der Waals surface area contributed by atoms with Crippen molar-refractivity contribution in [2.24, 2.45) is 12.5 Å². The summed E-state index contributed by atoms with van der Waals surface area (Å²) in [6.07, 6.45) is 0.549. The molecule has 0 atom stereocenters. The quantitative estimate of drug-likeness (QED) is 0.611. The molecule has 1 aromatic rings. The first-order valence-electron chi connectivity index (χ1n) is 6.77. The molecule has 0 radical (unpaired) electrons. The summed E-state index contributed by atoms with van der Waals surface area (Å²) in [5.41, 5.74) is 0.620. The lowest BCUT2D eigenvalue weighted by Gasteiger charge is -2.28. The predicted octanol–water partition coefficient (Wildman–Crippen LogP) is 1.89. The van der Waals surface area contributed by atoms with Crippen molar-refractivity contribution in [3.8, 4) is 0 Å². The van der Waals surface area contributed by atoms with Crippen molar-refractivity contribution < 1.29 is 4.92 Å². The van der Waals surface area contributed by atoms with Crippen LogP contribution in [0.25, 0.3) is 0 Å². The second-order valence-corrected chi connectivity index (χ2v) is 6.13. The SMILES string of the molecule is CCc1nn(C)c(NCC(C)(C)CN(C)C)c1[N+](=O)[O-]. The Morgan fingerprint density at radius 3 is 2.50 bits per heavy atom. The summed E-state index contributed by atoms with van der Waals surface area (Å²) < 4.78 is 1.56. The molecule has 0 unspecified atom stereocenters. The first-order valence-corrected chi connectivity index (χ1v) is 6.77. The molecule has 1 N–H and O–H groups in total. The third-order valence-electron chi connectivity index (χ3n) is 3.09. The van der Waals surface area contributed by atoms with Gasteiger partial charge in [0.1, 0.15) is 5.69 Å². The van der Waals surface area contributed by atoms with Gasteiger partial charge in [-0.3, -0.25) is 10.1 Å². The van der Waals surface area contributed by atoms with Crippen molar-refractivity contribution in [3.63, 3.8) is 0 Å². The maximum atomic E-state index is 11.2. The number of nitrogens with zero attached hydrogens (tertiary/aromatic N) is 4. The van der Waals surface area contributed by atoms with Crippen LogP contribution in [0.15, 0.2) is 0 Å². The first-order chi connectivity index (χ1) is 9.18. The summed E-state index contributed by atoms with van der Waals surface area (Å²) in [6, 6.07) is 0. The van der Waals surface area contributed by atoms with E-state index in [1.807, 2.05) is 21.0 Å². The van der Waals surface area contributed by atoms with Gasteiger partial charge in [0.2, 0.25) is 5.82 Å². The minimum absolute atomic E-state index is 0.00795. The number of hydrogen-bond acceptors (Lipinski definition) is 5. The molecule has 0 bridgehead atoms. The molecule has 1 rings (SSSR count). The van der Waals surface area contributed by atoms with Crippen LogP contribution in [0, 0.1) is 15.5 Å². The van der Waals surface area contributed by atoms with Crippen LogP contribution in [0.4, 0.5) is 11.5 Å². The Hall–Kier alpha value is -1.63. The first kappa shape index (κ1) is 16.4. The van der Waals surface area contributed by atoms with E-state index in [1.165, 1.54) is 0 Å². The van der Waals surface area contributed by atoms with E-state index in [1.54, 1.807) is 11.7 Å². The highest BCUT2D eigenvalue weighted by atomic mass is 16.6. The molecule has 1 aromatic heterocycles. The van der Waals surface area contributed by atoms with Crippen LogP contribution >= 0.6 is 0 Å². The smallest absolute Gasteiger partial charge is 0.333 e. The maximum absolute atomic E-state index is 11.2. The summed E-state index contributed by atoms with van der Waals surface area (Å²) in [4.78, 5) is 13.0. The lowest BCUT2D eigenvalue weighted by atomic mass is 9.93. The number of hydrogen-bond donors (Lipinski definition) is 1. The van der Waals surface area contributed by atoms with Gasteiger partial charge in [-0.05, 0) is 25.9 Å². The normalized spacial score (nSPS) is 11.9. The van der Waals surface area contributed by atoms with E-state index in [2.05, 4.69) is 29.2 Å². The molecule has 1 heterocycles. The van der Waals surface area contributed by atoms with E-state index in [4.69, 9.17) is 0 Å². The molecule has 0 saturated heterocycles. The van der Waals surface area contributed by atoms with E-state index in [9.17, 15) is 10.1 Å². The largest absolute Gasteiger partial charge is 0.364 e. The zero-order valence-electron chi connectivity index (χ0n) is 13.2. The minimum Gasteiger partial charge on any atom is -0.364 e. The fourth-order valence-electron chi connectivity index (χ4n) is 2.43. The van der Waals surface area contributed by atoms with Gasteiger partial charge in [0.25, 0.3) is 0 Å². The number of nitrogens with one attached hydrogen (secondary N) is 1. The average molecular weight is 283 g/mol. The number of anilines is 1. The summed E-state index contributed by atoms with van der Waals surface area (Å²) in [5.74, 6) is 0.485. The number of nitro groups is 1. The van der Waals surface area contributed by atoms with E-state index in [-0.39, 0.29) is 16.0 Å². The lowest BCUT2D eigenvalue weighted by Crippen LogP contribution is -2.34. The Kier molecular flexibility index (Phi) is 5.10. The molecule has 0 aromatic carbocycles. The topological polar surface area (TPSA) is 76.2 Å². The second-order valence-electron chi connectivity index (χ2n) is 6.13. The van der Waals surface area contributed by atoms with Crippen LogP contribution < -0.4 is 5.32 Å². The van der Waals surface area contributed by atoms with Crippen molar-refractivity contribution in [1.29, 1.82) is 0 Å². The fourth-order valence-corrected chi connectivity index (χ4v) is 2.43. The van der Waals surface area contributed by atoms with Crippen LogP contribution in [0.2, 0.25) is 0 Å². The van der Waals surface area contributed by atoms with Gasteiger partial charge in [-0.1, -0.05) is 20.8 Å². The molecule has 0 spiro atoms. The molecule has 0 saturated carbocycles. The average Bonchev–Trinajstić information content (AvgIpc) is 2.61. The Morgan fingerprint density at radius 2 is 2.05 bits per heavy atom. The Balaban J connectivity index is 2.93. The lowest BCUT2D eigenvalue weighted by molar-refractivity contribution is -0.384. The van der Waals surface area contributed by atoms with Crippen molar-refractivity contribution >= 4 is 11.5 Å². The van der Waals surface area contributed by atoms with Gasteiger partial charge < -0.3 is 10.2 Å². The van der Waals surface area contributed by atoms with Crippen molar-refractivity contribution in [1.82, 2.24) is 14.7 Å². The Labute approximate surface area is 120 Å². The van der Waals surface area contributed by atoms with Gasteiger partial charge >= 0.3 is 5.69 Å². The highest BCUT2D eigenvalue weighted by Gasteiger charge is 2.27. The van der Waals surface area contributed by atoms with Crippen LogP contribution in [-0.4, -0.2) is 46.8 Å². The van der Waals surface area contributed by atoms with Gasteiger partial charge in [-0.15, -0.1) is 0 Å². The van der Waals surface area contributed by atoms with E-state index >= 15 is 0 Å². The zero-order valence-corrected chi connectivity index (χ0v) is 13.2. The van der Waals surface area contributed by atoms with Crippen LogP contribution in [0.1, 0.15) is 26.5 Å². The highest BCUT2D eigenvalue weighted by Crippen LogP contribution is 2.29. The van der Waals surface area contributed by atoms with Crippen molar-refractivity contribution in [2.75, 3.05) is 32.5 Å².